The minimum Gasteiger partial charge on any atom is -0.314 e. The van der Waals surface area contributed by atoms with E-state index < -0.39 is 0 Å². The van der Waals surface area contributed by atoms with Crippen LogP contribution in [-0.4, -0.2) is 17.5 Å². The van der Waals surface area contributed by atoms with Crippen molar-refractivity contribution in [2.24, 2.45) is 0 Å². The lowest BCUT2D eigenvalue weighted by atomic mass is 10.0. The molecule has 1 unspecified atom stereocenters. The number of hydrogen-bond acceptors (Lipinski definition) is 3. The second kappa shape index (κ2) is 7.68. The fraction of sp³-hybridized carbons (Fsp3) is 0.538. The molecule has 0 saturated heterocycles. The monoisotopic (exact) mass is 362 g/mol. The molecular formula is C13H19IN2O2. The molecular weight excluding hydrogens is 343 g/mol. The number of hydrogen-bond donors (Lipinski definition) is 1. The van der Waals surface area contributed by atoms with Gasteiger partial charge in [0.05, 0.1) is 4.92 Å². The van der Waals surface area contributed by atoms with E-state index in [4.69, 9.17) is 0 Å². The van der Waals surface area contributed by atoms with E-state index in [0.29, 0.717) is 6.04 Å². The summed E-state index contributed by atoms with van der Waals surface area (Å²) in [4.78, 5) is 10.3. The maximum absolute atomic E-state index is 10.7. The van der Waals surface area contributed by atoms with Crippen LogP contribution in [0.15, 0.2) is 18.2 Å². The second-order valence-corrected chi connectivity index (χ2v) is 5.46. The van der Waals surface area contributed by atoms with Crippen molar-refractivity contribution in [2.45, 2.75) is 39.2 Å². The molecule has 0 fully saturated rings. The number of benzene rings is 1. The summed E-state index contributed by atoms with van der Waals surface area (Å²) >= 11 is 2.17. The zero-order chi connectivity index (χ0) is 13.5. The number of rotatable bonds is 7. The number of halogens is 1. The summed E-state index contributed by atoms with van der Waals surface area (Å²) in [6.07, 6.45) is 3.10. The molecule has 1 rings (SSSR count). The topological polar surface area (TPSA) is 55.2 Å². The van der Waals surface area contributed by atoms with Crippen LogP contribution in [-0.2, 0) is 6.42 Å². The van der Waals surface area contributed by atoms with Crippen LogP contribution in [0, 0.1) is 13.7 Å². The summed E-state index contributed by atoms with van der Waals surface area (Å²) in [6.45, 7) is 5.32. The molecule has 0 saturated carbocycles. The fourth-order valence-electron chi connectivity index (χ4n) is 1.79. The Balaban J connectivity index is 2.74. The van der Waals surface area contributed by atoms with Gasteiger partial charge in [-0.05, 0) is 54.0 Å². The molecule has 0 amide bonds. The van der Waals surface area contributed by atoms with E-state index in [0.717, 1.165) is 29.4 Å². The molecule has 1 aromatic rings. The van der Waals surface area contributed by atoms with Crippen molar-refractivity contribution in [3.8, 4) is 0 Å². The molecule has 0 spiro atoms. The second-order valence-electron chi connectivity index (χ2n) is 4.30. The van der Waals surface area contributed by atoms with Crippen LogP contribution in [0.25, 0.3) is 0 Å². The molecule has 0 aliphatic rings. The molecule has 0 bridgehead atoms. The molecule has 4 nitrogen and oxygen atoms in total. The van der Waals surface area contributed by atoms with Gasteiger partial charge in [-0.3, -0.25) is 10.1 Å². The van der Waals surface area contributed by atoms with Gasteiger partial charge in [0, 0.05) is 21.7 Å². The average Bonchev–Trinajstić information content (AvgIpc) is 2.35. The van der Waals surface area contributed by atoms with Gasteiger partial charge in [0.25, 0.3) is 5.69 Å². The summed E-state index contributed by atoms with van der Waals surface area (Å²) < 4.78 is 0.971. The largest absolute Gasteiger partial charge is 0.314 e. The van der Waals surface area contributed by atoms with Gasteiger partial charge in [-0.25, -0.2) is 0 Å². The number of nitrogens with zero attached hydrogens (tertiary/aromatic N) is 1. The lowest BCUT2D eigenvalue weighted by Gasteiger charge is -2.17. The molecule has 1 atom stereocenters. The molecule has 0 heterocycles. The SMILES string of the molecule is CCCNC(CC)Cc1ccc([N+](=O)[O-])cc1I. The van der Waals surface area contributed by atoms with Gasteiger partial charge < -0.3 is 5.32 Å². The Hall–Kier alpha value is -0.690. The molecule has 0 aliphatic carbocycles. The highest BCUT2D eigenvalue weighted by Crippen LogP contribution is 2.21. The first-order valence-corrected chi connectivity index (χ1v) is 7.32. The highest BCUT2D eigenvalue weighted by molar-refractivity contribution is 14.1. The van der Waals surface area contributed by atoms with Crippen molar-refractivity contribution in [2.75, 3.05) is 6.54 Å². The lowest BCUT2D eigenvalue weighted by Crippen LogP contribution is -2.31. The van der Waals surface area contributed by atoms with E-state index in [1.165, 1.54) is 5.56 Å². The number of non-ortho nitro benzene ring substituents is 1. The smallest absolute Gasteiger partial charge is 0.270 e. The molecule has 1 N–H and O–H groups in total. The highest BCUT2D eigenvalue weighted by Gasteiger charge is 2.12. The van der Waals surface area contributed by atoms with E-state index in [-0.39, 0.29) is 10.6 Å². The van der Waals surface area contributed by atoms with Crippen LogP contribution in [0.3, 0.4) is 0 Å². The Bertz CT molecular complexity index is 410. The maximum atomic E-state index is 10.7. The standard InChI is InChI=1S/C13H19IN2O2/c1-3-7-15-11(4-2)8-10-5-6-12(16(17)18)9-13(10)14/h5-6,9,11,15H,3-4,7-8H2,1-2H3. The first kappa shape index (κ1) is 15.4. The maximum Gasteiger partial charge on any atom is 0.270 e. The van der Waals surface area contributed by atoms with Gasteiger partial charge in [0.1, 0.15) is 0 Å². The minimum atomic E-state index is -0.349. The van der Waals surface area contributed by atoms with Crippen molar-refractivity contribution in [3.63, 3.8) is 0 Å². The summed E-state index contributed by atoms with van der Waals surface area (Å²) in [5.74, 6) is 0. The van der Waals surface area contributed by atoms with Crippen LogP contribution in [0.1, 0.15) is 32.3 Å². The summed E-state index contributed by atoms with van der Waals surface area (Å²) in [5, 5.41) is 14.2. The molecule has 100 valence electrons. The third-order valence-electron chi connectivity index (χ3n) is 2.89. The predicted molar refractivity (Wildman–Crippen MR) is 81.9 cm³/mol. The minimum absolute atomic E-state index is 0.165. The van der Waals surface area contributed by atoms with E-state index >= 15 is 0 Å². The van der Waals surface area contributed by atoms with Crippen LogP contribution >= 0.6 is 22.6 Å². The van der Waals surface area contributed by atoms with Gasteiger partial charge >= 0.3 is 0 Å². The highest BCUT2D eigenvalue weighted by atomic mass is 127. The van der Waals surface area contributed by atoms with Crippen LogP contribution in [0.2, 0.25) is 0 Å². The van der Waals surface area contributed by atoms with Gasteiger partial charge in [0.2, 0.25) is 0 Å². The predicted octanol–water partition coefficient (Wildman–Crippen LogP) is 3.52. The Labute approximate surface area is 121 Å². The normalized spacial score (nSPS) is 12.4. The van der Waals surface area contributed by atoms with E-state index in [9.17, 15) is 10.1 Å². The lowest BCUT2D eigenvalue weighted by molar-refractivity contribution is -0.385. The Morgan fingerprint density at radius 3 is 2.67 bits per heavy atom. The van der Waals surface area contributed by atoms with Gasteiger partial charge in [-0.1, -0.05) is 19.9 Å². The van der Waals surface area contributed by atoms with Crippen molar-refractivity contribution in [1.82, 2.24) is 5.32 Å². The first-order chi connectivity index (χ1) is 8.58. The van der Waals surface area contributed by atoms with Crippen LogP contribution in [0.5, 0.6) is 0 Å². The number of nitro groups is 1. The van der Waals surface area contributed by atoms with Gasteiger partial charge in [-0.2, -0.15) is 0 Å². The summed E-state index contributed by atoms with van der Waals surface area (Å²) in [7, 11) is 0. The third-order valence-corrected chi connectivity index (χ3v) is 3.89. The number of nitrogens with one attached hydrogen (secondary N) is 1. The first-order valence-electron chi connectivity index (χ1n) is 6.24. The van der Waals surface area contributed by atoms with Gasteiger partial charge in [0.15, 0.2) is 0 Å². The quantitative estimate of drug-likeness (QED) is 0.459. The zero-order valence-electron chi connectivity index (χ0n) is 10.8. The molecule has 0 aromatic heterocycles. The third kappa shape index (κ3) is 4.53. The molecule has 5 heteroatoms. The Kier molecular flexibility index (Phi) is 6.56. The number of nitro benzene ring substituents is 1. The summed E-state index contributed by atoms with van der Waals surface area (Å²) in [6, 6.07) is 5.54. The van der Waals surface area contributed by atoms with E-state index in [2.05, 4.69) is 41.8 Å². The van der Waals surface area contributed by atoms with Crippen LogP contribution in [0.4, 0.5) is 5.69 Å². The van der Waals surface area contributed by atoms with E-state index in [1.54, 1.807) is 12.1 Å². The van der Waals surface area contributed by atoms with Crippen LogP contribution < -0.4 is 5.32 Å². The van der Waals surface area contributed by atoms with Crippen molar-refractivity contribution in [3.05, 3.63) is 37.4 Å². The molecule has 18 heavy (non-hydrogen) atoms. The van der Waals surface area contributed by atoms with Crippen molar-refractivity contribution in [1.29, 1.82) is 0 Å². The fourth-order valence-corrected chi connectivity index (χ4v) is 2.51. The Morgan fingerprint density at radius 1 is 1.44 bits per heavy atom. The Morgan fingerprint density at radius 2 is 2.17 bits per heavy atom. The molecule has 1 aromatic carbocycles. The van der Waals surface area contributed by atoms with Gasteiger partial charge in [-0.15, -0.1) is 0 Å². The van der Waals surface area contributed by atoms with Crippen molar-refractivity contribution < 1.29 is 4.92 Å². The van der Waals surface area contributed by atoms with Crippen molar-refractivity contribution >= 4 is 28.3 Å². The molecule has 0 radical (unpaired) electrons. The summed E-state index contributed by atoms with van der Waals surface area (Å²) in [5.41, 5.74) is 1.34. The van der Waals surface area contributed by atoms with E-state index in [1.807, 2.05) is 6.07 Å². The average molecular weight is 362 g/mol. The zero-order valence-corrected chi connectivity index (χ0v) is 12.9. The molecule has 0 aliphatic heterocycles.